The quantitative estimate of drug-likeness (QED) is 0.651. The largest absolute Gasteiger partial charge is 0.481 e. The zero-order chi connectivity index (χ0) is 8.93. The first-order chi connectivity index (χ1) is 5.53. The van der Waals surface area contributed by atoms with Crippen LogP contribution in [0.4, 0.5) is 0 Å². The number of hydrogen-bond acceptors (Lipinski definition) is 1. The van der Waals surface area contributed by atoms with E-state index in [0.29, 0.717) is 11.8 Å². The van der Waals surface area contributed by atoms with E-state index >= 15 is 0 Å². The molecule has 0 aliphatic heterocycles. The lowest BCUT2D eigenvalue weighted by Gasteiger charge is -2.35. The van der Waals surface area contributed by atoms with E-state index in [-0.39, 0.29) is 11.3 Å². The highest BCUT2D eigenvalue weighted by Crippen LogP contribution is 2.59. The molecule has 0 aromatic rings. The summed E-state index contributed by atoms with van der Waals surface area (Å²) < 4.78 is 0. The fraction of sp³-hybridized carbons (Fsp3) is 0.900. The lowest BCUT2D eigenvalue weighted by atomic mass is 9.69. The van der Waals surface area contributed by atoms with E-state index < -0.39 is 5.97 Å². The Bertz CT molecular complexity index is 220. The first kappa shape index (κ1) is 8.09. The summed E-state index contributed by atoms with van der Waals surface area (Å²) in [5.74, 6) is 0.495. The summed E-state index contributed by atoms with van der Waals surface area (Å²) in [6.45, 7) is 4.24. The van der Waals surface area contributed by atoms with Gasteiger partial charge in [0, 0.05) is 0 Å². The van der Waals surface area contributed by atoms with Gasteiger partial charge < -0.3 is 5.11 Å². The molecule has 68 valence electrons. The van der Waals surface area contributed by atoms with Gasteiger partial charge in [0.25, 0.3) is 0 Å². The van der Waals surface area contributed by atoms with Crippen molar-refractivity contribution in [1.82, 2.24) is 0 Å². The van der Waals surface area contributed by atoms with Crippen LogP contribution in [0.5, 0.6) is 0 Å². The summed E-state index contributed by atoms with van der Waals surface area (Å²) in [6.07, 6.45) is 3.55. The number of carboxylic acid groups (broad SMARTS) is 1. The summed E-state index contributed by atoms with van der Waals surface area (Å²) in [5.41, 5.74) is 0.0503. The molecule has 2 aliphatic rings. The topological polar surface area (TPSA) is 37.3 Å². The van der Waals surface area contributed by atoms with Crippen LogP contribution >= 0.6 is 0 Å². The average molecular weight is 168 g/mol. The highest BCUT2D eigenvalue weighted by Gasteiger charge is 2.55. The van der Waals surface area contributed by atoms with Gasteiger partial charge in [-0.3, -0.25) is 4.79 Å². The fourth-order valence-corrected chi connectivity index (χ4v) is 3.38. The van der Waals surface area contributed by atoms with Crippen molar-refractivity contribution in [3.05, 3.63) is 0 Å². The van der Waals surface area contributed by atoms with Gasteiger partial charge in [0.1, 0.15) is 0 Å². The molecule has 2 nitrogen and oxygen atoms in total. The number of fused-ring (bicyclic) bond motifs is 2. The maximum atomic E-state index is 11.0. The van der Waals surface area contributed by atoms with Crippen molar-refractivity contribution in [2.75, 3.05) is 0 Å². The second-order valence-corrected chi connectivity index (χ2v) is 4.91. The van der Waals surface area contributed by atoms with Crippen molar-refractivity contribution >= 4 is 5.97 Å². The van der Waals surface area contributed by atoms with Gasteiger partial charge in [-0.1, -0.05) is 13.8 Å². The normalized spacial score (nSPS) is 43.3. The minimum Gasteiger partial charge on any atom is -0.481 e. The van der Waals surface area contributed by atoms with Crippen molar-refractivity contribution in [3.63, 3.8) is 0 Å². The predicted octanol–water partition coefficient (Wildman–Crippen LogP) is 2.14. The zero-order valence-corrected chi connectivity index (χ0v) is 7.71. The Labute approximate surface area is 73.0 Å². The molecule has 2 aliphatic carbocycles. The molecular formula is C10H16O2. The second-order valence-electron chi connectivity index (χ2n) is 4.91. The lowest BCUT2D eigenvalue weighted by Crippen LogP contribution is -2.36. The molecule has 0 spiro atoms. The molecule has 2 heteroatoms. The van der Waals surface area contributed by atoms with Crippen molar-refractivity contribution in [2.45, 2.75) is 33.1 Å². The Hall–Kier alpha value is -0.530. The predicted molar refractivity (Wildman–Crippen MR) is 45.7 cm³/mol. The lowest BCUT2D eigenvalue weighted by molar-refractivity contribution is -0.148. The summed E-state index contributed by atoms with van der Waals surface area (Å²) in [4.78, 5) is 11.0. The summed E-state index contributed by atoms with van der Waals surface area (Å²) in [7, 11) is 0. The van der Waals surface area contributed by atoms with Gasteiger partial charge in [-0.25, -0.2) is 0 Å². The van der Waals surface area contributed by atoms with E-state index in [1.807, 2.05) is 0 Å². The molecule has 12 heavy (non-hydrogen) atoms. The highest BCUT2D eigenvalue weighted by atomic mass is 16.4. The van der Waals surface area contributed by atoms with Crippen LogP contribution in [-0.4, -0.2) is 11.1 Å². The third-order valence-electron chi connectivity index (χ3n) is 4.06. The third-order valence-corrected chi connectivity index (χ3v) is 4.06. The van der Waals surface area contributed by atoms with Crippen molar-refractivity contribution < 1.29 is 9.90 Å². The van der Waals surface area contributed by atoms with Crippen LogP contribution in [0.1, 0.15) is 33.1 Å². The Morgan fingerprint density at radius 3 is 2.42 bits per heavy atom. The maximum absolute atomic E-state index is 11.0. The first-order valence-corrected chi connectivity index (χ1v) is 4.76. The van der Waals surface area contributed by atoms with Crippen LogP contribution in [0.3, 0.4) is 0 Å². The van der Waals surface area contributed by atoms with Gasteiger partial charge in [-0.15, -0.1) is 0 Å². The van der Waals surface area contributed by atoms with E-state index in [0.717, 1.165) is 12.8 Å². The number of carbonyl (C=O) groups is 1. The molecule has 0 saturated heterocycles. The minimum absolute atomic E-state index is 0.0503. The molecular weight excluding hydrogens is 152 g/mol. The molecule has 0 heterocycles. The highest BCUT2D eigenvalue weighted by molar-refractivity contribution is 5.72. The molecule has 0 aromatic heterocycles. The second kappa shape index (κ2) is 2.24. The summed E-state index contributed by atoms with van der Waals surface area (Å²) in [6, 6.07) is 0. The molecule has 2 fully saturated rings. The number of hydrogen-bond donors (Lipinski definition) is 1. The molecule has 1 N–H and O–H groups in total. The molecule has 0 aromatic carbocycles. The van der Waals surface area contributed by atoms with Gasteiger partial charge in [0.2, 0.25) is 0 Å². The smallest absolute Gasteiger partial charge is 0.307 e. The third kappa shape index (κ3) is 0.838. The van der Waals surface area contributed by atoms with Crippen LogP contribution in [0, 0.1) is 23.2 Å². The summed E-state index contributed by atoms with van der Waals surface area (Å²) in [5, 5.41) is 9.07. The maximum Gasteiger partial charge on any atom is 0.307 e. The summed E-state index contributed by atoms with van der Waals surface area (Å²) >= 11 is 0. The monoisotopic (exact) mass is 168 g/mol. The van der Waals surface area contributed by atoms with E-state index in [4.69, 9.17) is 5.11 Å². The van der Waals surface area contributed by atoms with E-state index in [9.17, 15) is 4.79 Å². The first-order valence-electron chi connectivity index (χ1n) is 4.76. The van der Waals surface area contributed by atoms with Crippen molar-refractivity contribution in [3.8, 4) is 0 Å². The molecule has 3 atom stereocenters. The number of aliphatic carboxylic acids is 1. The zero-order valence-electron chi connectivity index (χ0n) is 7.71. The van der Waals surface area contributed by atoms with Crippen LogP contribution in [0.15, 0.2) is 0 Å². The average Bonchev–Trinajstić information content (AvgIpc) is 2.41. The molecule has 0 radical (unpaired) electrons. The Morgan fingerprint density at radius 2 is 2.08 bits per heavy atom. The Morgan fingerprint density at radius 1 is 1.42 bits per heavy atom. The van der Waals surface area contributed by atoms with Gasteiger partial charge in [0.05, 0.1) is 5.92 Å². The van der Waals surface area contributed by atoms with Gasteiger partial charge in [-0.05, 0) is 36.5 Å². The van der Waals surface area contributed by atoms with E-state index in [1.54, 1.807) is 0 Å². The molecule has 2 rings (SSSR count). The van der Waals surface area contributed by atoms with Gasteiger partial charge >= 0.3 is 5.97 Å². The van der Waals surface area contributed by atoms with E-state index in [2.05, 4.69) is 13.8 Å². The fourth-order valence-electron chi connectivity index (χ4n) is 3.38. The van der Waals surface area contributed by atoms with Crippen LogP contribution in [0.2, 0.25) is 0 Å². The molecule has 0 amide bonds. The number of carboxylic acids is 1. The SMILES string of the molecule is CC1(C)[C@@H]2CC[C@@H](C2)[C@H]1C(=O)O. The van der Waals surface area contributed by atoms with Gasteiger partial charge in [0.15, 0.2) is 0 Å². The van der Waals surface area contributed by atoms with Crippen LogP contribution in [-0.2, 0) is 4.79 Å². The Kier molecular flexibility index (Phi) is 1.51. The van der Waals surface area contributed by atoms with Gasteiger partial charge in [-0.2, -0.15) is 0 Å². The number of rotatable bonds is 1. The van der Waals surface area contributed by atoms with E-state index in [1.165, 1.54) is 6.42 Å². The minimum atomic E-state index is -0.577. The standard InChI is InChI=1S/C10H16O2/c1-10(2)7-4-3-6(5-7)8(10)9(11)12/h6-8H,3-5H2,1-2H3,(H,11,12)/t6-,7+,8-/m0/s1. The molecule has 0 unspecified atom stereocenters. The van der Waals surface area contributed by atoms with Crippen LogP contribution in [0.25, 0.3) is 0 Å². The van der Waals surface area contributed by atoms with Crippen molar-refractivity contribution in [2.24, 2.45) is 23.2 Å². The molecule has 2 saturated carbocycles. The van der Waals surface area contributed by atoms with Crippen molar-refractivity contribution in [1.29, 1.82) is 0 Å². The van der Waals surface area contributed by atoms with Crippen LogP contribution < -0.4 is 0 Å². The molecule has 2 bridgehead atoms. The Balaban J connectivity index is 2.29.